The van der Waals surface area contributed by atoms with Gasteiger partial charge in [-0.05, 0) is 61.9 Å². The maximum absolute atomic E-state index is 11.2. The van der Waals surface area contributed by atoms with E-state index < -0.39 is 5.91 Å². The van der Waals surface area contributed by atoms with E-state index in [1.165, 1.54) is 18.4 Å². The highest BCUT2D eigenvalue weighted by atomic mass is 127. The number of nitrogens with one attached hydrogen (secondary N) is 2. The third-order valence-corrected chi connectivity index (χ3v) is 5.19. The average molecular weight is 522 g/mol. The fraction of sp³-hybridized carbons (Fsp3) is 0.391. The average Bonchev–Trinajstić information content (AvgIpc) is 3.23. The van der Waals surface area contributed by atoms with Crippen LogP contribution in [0.15, 0.2) is 47.5 Å². The van der Waals surface area contributed by atoms with Crippen molar-refractivity contribution in [1.82, 2.24) is 10.6 Å². The highest BCUT2D eigenvalue weighted by molar-refractivity contribution is 14.0. The second kappa shape index (κ2) is 11.8. The zero-order chi connectivity index (χ0) is 20.6. The molecule has 2 aromatic carbocycles. The monoisotopic (exact) mass is 522 g/mol. The molecule has 0 bridgehead atoms. The summed E-state index contributed by atoms with van der Waals surface area (Å²) < 4.78 is 6.27. The quantitative estimate of drug-likeness (QED) is 0.293. The lowest BCUT2D eigenvalue weighted by Crippen LogP contribution is -2.36. The molecule has 162 valence electrons. The summed E-state index contributed by atoms with van der Waals surface area (Å²) in [6.07, 6.45) is 5.11. The molecule has 2 aromatic rings. The number of aryl methyl sites for hydroxylation is 1. The van der Waals surface area contributed by atoms with E-state index in [0.717, 1.165) is 29.7 Å². The van der Waals surface area contributed by atoms with Gasteiger partial charge in [0.1, 0.15) is 5.75 Å². The van der Waals surface area contributed by atoms with Gasteiger partial charge < -0.3 is 21.1 Å². The second-order valence-electron chi connectivity index (χ2n) is 7.48. The van der Waals surface area contributed by atoms with Crippen LogP contribution < -0.4 is 21.1 Å². The molecule has 0 saturated heterocycles. The van der Waals surface area contributed by atoms with Gasteiger partial charge >= 0.3 is 0 Å². The molecule has 0 aliphatic heterocycles. The normalized spacial score (nSPS) is 14.1. The van der Waals surface area contributed by atoms with Gasteiger partial charge in [0, 0.05) is 31.3 Å². The van der Waals surface area contributed by atoms with Crippen LogP contribution in [0.25, 0.3) is 0 Å². The number of benzene rings is 2. The molecule has 1 amide bonds. The van der Waals surface area contributed by atoms with Crippen LogP contribution >= 0.6 is 24.0 Å². The first-order valence-corrected chi connectivity index (χ1v) is 10.1. The largest absolute Gasteiger partial charge is 0.490 e. The third kappa shape index (κ3) is 6.90. The van der Waals surface area contributed by atoms with Crippen molar-refractivity contribution in [2.45, 2.75) is 51.8 Å². The fourth-order valence-electron chi connectivity index (χ4n) is 3.48. The molecule has 30 heavy (non-hydrogen) atoms. The Hall–Kier alpha value is -2.29. The number of halogens is 1. The summed E-state index contributed by atoms with van der Waals surface area (Å²) in [6.45, 7) is 3.31. The maximum Gasteiger partial charge on any atom is 0.248 e. The molecule has 0 unspecified atom stereocenters. The summed E-state index contributed by atoms with van der Waals surface area (Å²) in [5.41, 5.74) is 9.15. The van der Waals surface area contributed by atoms with Crippen LogP contribution in [0, 0.1) is 6.92 Å². The Morgan fingerprint density at radius 3 is 2.40 bits per heavy atom. The standard InChI is InChI=1S/C23H30N4O2.HI/c1-16-7-10-19(21(13-16)29-20-5-3-4-6-20)15-27-23(25-2)26-14-17-8-11-18(12-9-17)22(24)28;/h7-13,20H,3-6,14-15H2,1-2H3,(H2,24,28)(H2,25,26,27);1H. The molecular formula is C23H31IN4O2. The molecular weight excluding hydrogens is 491 g/mol. The molecule has 0 heterocycles. The van der Waals surface area contributed by atoms with Crippen molar-refractivity contribution in [2.24, 2.45) is 10.7 Å². The SMILES string of the molecule is CN=C(NCc1ccc(C(N)=O)cc1)NCc1ccc(C)cc1OC1CCCC1.I. The minimum absolute atomic E-state index is 0. The van der Waals surface area contributed by atoms with Crippen LogP contribution in [0.4, 0.5) is 0 Å². The molecule has 1 aliphatic rings. The first-order valence-electron chi connectivity index (χ1n) is 10.1. The number of guanidine groups is 1. The summed E-state index contributed by atoms with van der Waals surface area (Å²) in [5, 5.41) is 6.65. The van der Waals surface area contributed by atoms with E-state index in [0.29, 0.717) is 30.7 Å². The minimum Gasteiger partial charge on any atom is -0.490 e. The molecule has 4 N–H and O–H groups in total. The van der Waals surface area contributed by atoms with Gasteiger partial charge in [-0.3, -0.25) is 9.79 Å². The van der Waals surface area contributed by atoms with E-state index in [9.17, 15) is 4.79 Å². The summed E-state index contributed by atoms with van der Waals surface area (Å²) in [5.74, 6) is 1.24. The highest BCUT2D eigenvalue weighted by Gasteiger charge is 2.18. The Kier molecular flexibility index (Phi) is 9.42. The van der Waals surface area contributed by atoms with Gasteiger partial charge in [-0.1, -0.05) is 24.3 Å². The van der Waals surface area contributed by atoms with Crippen LogP contribution in [0.3, 0.4) is 0 Å². The summed E-state index contributed by atoms with van der Waals surface area (Å²) in [4.78, 5) is 15.5. The van der Waals surface area contributed by atoms with Crippen LogP contribution in [-0.4, -0.2) is 25.0 Å². The number of rotatable bonds is 7. The number of hydrogen-bond acceptors (Lipinski definition) is 3. The lowest BCUT2D eigenvalue weighted by molar-refractivity contribution is 0.100. The van der Waals surface area contributed by atoms with E-state index in [2.05, 4.69) is 40.7 Å². The van der Waals surface area contributed by atoms with Crippen molar-refractivity contribution in [1.29, 1.82) is 0 Å². The predicted molar refractivity (Wildman–Crippen MR) is 131 cm³/mol. The number of nitrogens with zero attached hydrogens (tertiary/aromatic N) is 1. The van der Waals surface area contributed by atoms with E-state index in [1.54, 1.807) is 19.2 Å². The van der Waals surface area contributed by atoms with Crippen molar-refractivity contribution >= 4 is 35.8 Å². The highest BCUT2D eigenvalue weighted by Crippen LogP contribution is 2.27. The van der Waals surface area contributed by atoms with Gasteiger partial charge in [0.05, 0.1) is 6.10 Å². The van der Waals surface area contributed by atoms with Crippen molar-refractivity contribution in [3.8, 4) is 5.75 Å². The summed E-state index contributed by atoms with van der Waals surface area (Å²) in [6, 6.07) is 13.6. The van der Waals surface area contributed by atoms with Crippen LogP contribution in [-0.2, 0) is 13.1 Å². The van der Waals surface area contributed by atoms with Gasteiger partial charge in [-0.15, -0.1) is 24.0 Å². The Bertz CT molecular complexity index is 862. The second-order valence-corrected chi connectivity index (χ2v) is 7.48. The fourth-order valence-corrected chi connectivity index (χ4v) is 3.48. The number of carbonyl (C=O) groups excluding carboxylic acids is 1. The van der Waals surface area contributed by atoms with Crippen molar-refractivity contribution in [2.75, 3.05) is 7.05 Å². The van der Waals surface area contributed by atoms with E-state index in [-0.39, 0.29) is 24.0 Å². The smallest absolute Gasteiger partial charge is 0.248 e. The predicted octanol–water partition coefficient (Wildman–Crippen LogP) is 3.90. The molecule has 0 aromatic heterocycles. The lowest BCUT2D eigenvalue weighted by Gasteiger charge is -2.18. The van der Waals surface area contributed by atoms with Crippen LogP contribution in [0.2, 0.25) is 0 Å². The number of aliphatic imine (C=N–C) groups is 1. The first kappa shape index (κ1) is 24.0. The minimum atomic E-state index is -0.421. The number of amides is 1. The van der Waals surface area contributed by atoms with Crippen molar-refractivity contribution in [3.05, 3.63) is 64.7 Å². The third-order valence-electron chi connectivity index (χ3n) is 5.19. The number of primary amides is 1. The Balaban J connectivity index is 0.00000320. The van der Waals surface area contributed by atoms with Gasteiger partial charge in [0.25, 0.3) is 0 Å². The van der Waals surface area contributed by atoms with Crippen LogP contribution in [0.5, 0.6) is 5.75 Å². The Morgan fingerprint density at radius 1 is 1.10 bits per heavy atom. The van der Waals surface area contributed by atoms with E-state index >= 15 is 0 Å². The van der Waals surface area contributed by atoms with Gasteiger partial charge in [0.2, 0.25) is 5.91 Å². The number of hydrogen-bond donors (Lipinski definition) is 3. The topological polar surface area (TPSA) is 88.7 Å². The molecule has 1 fully saturated rings. The van der Waals surface area contributed by atoms with Crippen LogP contribution in [0.1, 0.15) is 52.7 Å². The van der Waals surface area contributed by atoms with E-state index in [4.69, 9.17) is 10.5 Å². The summed E-state index contributed by atoms with van der Waals surface area (Å²) in [7, 11) is 1.75. The zero-order valence-corrected chi connectivity index (χ0v) is 19.9. The molecule has 6 nitrogen and oxygen atoms in total. The van der Waals surface area contributed by atoms with Gasteiger partial charge in [0.15, 0.2) is 5.96 Å². The van der Waals surface area contributed by atoms with E-state index in [1.807, 2.05) is 12.1 Å². The first-order chi connectivity index (χ1) is 14.0. The number of ether oxygens (including phenoxy) is 1. The zero-order valence-electron chi connectivity index (χ0n) is 17.6. The van der Waals surface area contributed by atoms with Crippen molar-refractivity contribution < 1.29 is 9.53 Å². The molecule has 0 atom stereocenters. The molecule has 3 rings (SSSR count). The molecule has 1 aliphatic carbocycles. The Morgan fingerprint density at radius 2 is 1.77 bits per heavy atom. The number of nitrogens with two attached hydrogens (primary N) is 1. The van der Waals surface area contributed by atoms with Gasteiger partial charge in [-0.25, -0.2) is 0 Å². The number of carbonyl (C=O) groups is 1. The molecule has 7 heteroatoms. The summed E-state index contributed by atoms with van der Waals surface area (Å²) >= 11 is 0. The Labute approximate surface area is 195 Å². The van der Waals surface area contributed by atoms with Crippen molar-refractivity contribution in [3.63, 3.8) is 0 Å². The molecule has 1 saturated carbocycles. The molecule has 0 spiro atoms. The van der Waals surface area contributed by atoms with Gasteiger partial charge in [-0.2, -0.15) is 0 Å². The lowest BCUT2D eigenvalue weighted by atomic mass is 10.1. The maximum atomic E-state index is 11.2. The molecule has 0 radical (unpaired) electrons.